The highest BCUT2D eigenvalue weighted by atomic mass is 32.1. The molecule has 0 aliphatic rings. The van der Waals surface area contributed by atoms with E-state index in [-0.39, 0.29) is 0 Å². The molecule has 0 saturated heterocycles. The summed E-state index contributed by atoms with van der Waals surface area (Å²) in [7, 11) is 0. The van der Waals surface area contributed by atoms with E-state index >= 15 is 0 Å². The van der Waals surface area contributed by atoms with Gasteiger partial charge in [-0.1, -0.05) is 20.8 Å². The highest BCUT2D eigenvalue weighted by Crippen LogP contribution is 2.30. The summed E-state index contributed by atoms with van der Waals surface area (Å²) in [5.74, 6) is 1.78. The highest BCUT2D eigenvalue weighted by Gasteiger charge is 2.20. The van der Waals surface area contributed by atoms with Gasteiger partial charge in [-0.2, -0.15) is 0 Å². The van der Waals surface area contributed by atoms with Gasteiger partial charge in [-0.15, -0.1) is 11.3 Å². The van der Waals surface area contributed by atoms with Gasteiger partial charge in [0.15, 0.2) is 0 Å². The van der Waals surface area contributed by atoms with Crippen molar-refractivity contribution >= 4 is 11.3 Å². The van der Waals surface area contributed by atoms with Crippen LogP contribution in [0, 0.1) is 11.8 Å². The standard InChI is InChI=1S/C14H21N3S/c1-10(2)13(14-6-15-8-16-14)5-11(3)4-12-7-18-9-17-12/h6-11,13H,4-5H2,1-3H3,(H,15,16). The van der Waals surface area contributed by atoms with Crippen molar-refractivity contribution in [1.29, 1.82) is 0 Å². The van der Waals surface area contributed by atoms with Crippen LogP contribution in [0.1, 0.15) is 44.5 Å². The lowest BCUT2D eigenvalue weighted by Gasteiger charge is -2.22. The quantitative estimate of drug-likeness (QED) is 0.859. The fourth-order valence-electron chi connectivity index (χ4n) is 2.42. The van der Waals surface area contributed by atoms with Crippen molar-refractivity contribution in [2.75, 3.05) is 0 Å². The van der Waals surface area contributed by atoms with Crippen LogP contribution in [0.25, 0.3) is 0 Å². The lowest BCUT2D eigenvalue weighted by molar-refractivity contribution is 0.382. The van der Waals surface area contributed by atoms with Gasteiger partial charge in [0.2, 0.25) is 0 Å². The van der Waals surface area contributed by atoms with Gasteiger partial charge in [0.25, 0.3) is 0 Å². The fourth-order valence-corrected chi connectivity index (χ4v) is 2.99. The zero-order valence-electron chi connectivity index (χ0n) is 11.3. The molecule has 0 aliphatic heterocycles. The summed E-state index contributed by atoms with van der Waals surface area (Å²) < 4.78 is 0. The van der Waals surface area contributed by atoms with Crippen molar-refractivity contribution in [2.45, 2.75) is 39.5 Å². The van der Waals surface area contributed by atoms with Gasteiger partial charge in [0.1, 0.15) is 0 Å². The average Bonchev–Trinajstić information content (AvgIpc) is 2.97. The molecule has 98 valence electrons. The van der Waals surface area contributed by atoms with E-state index in [1.807, 2.05) is 11.7 Å². The number of rotatable bonds is 6. The molecule has 0 amide bonds. The van der Waals surface area contributed by atoms with Gasteiger partial charge in [0, 0.05) is 17.5 Å². The third kappa shape index (κ3) is 3.42. The Bertz CT molecular complexity index is 434. The average molecular weight is 263 g/mol. The highest BCUT2D eigenvalue weighted by molar-refractivity contribution is 7.07. The van der Waals surface area contributed by atoms with E-state index in [2.05, 4.69) is 41.1 Å². The lowest BCUT2D eigenvalue weighted by atomic mass is 9.83. The molecule has 18 heavy (non-hydrogen) atoms. The number of aromatic amines is 1. The molecule has 0 bridgehead atoms. The van der Waals surface area contributed by atoms with E-state index in [0.717, 1.165) is 6.42 Å². The molecule has 0 fully saturated rings. The van der Waals surface area contributed by atoms with Crippen LogP contribution in [0.15, 0.2) is 23.4 Å². The number of nitrogens with zero attached hydrogens (tertiary/aromatic N) is 2. The molecule has 2 heterocycles. The minimum Gasteiger partial charge on any atom is -0.351 e. The molecular weight excluding hydrogens is 242 g/mol. The zero-order chi connectivity index (χ0) is 13.0. The maximum Gasteiger partial charge on any atom is 0.0923 e. The number of nitrogens with one attached hydrogen (secondary N) is 1. The lowest BCUT2D eigenvalue weighted by Crippen LogP contribution is -2.13. The van der Waals surface area contributed by atoms with Crippen LogP contribution in [-0.4, -0.2) is 15.0 Å². The molecule has 2 aromatic rings. The monoisotopic (exact) mass is 263 g/mol. The Hall–Kier alpha value is -1.16. The summed E-state index contributed by atoms with van der Waals surface area (Å²) in [5, 5.41) is 2.15. The van der Waals surface area contributed by atoms with Crippen LogP contribution in [0.5, 0.6) is 0 Å². The van der Waals surface area contributed by atoms with Gasteiger partial charge < -0.3 is 4.98 Å². The van der Waals surface area contributed by atoms with Crippen molar-refractivity contribution in [1.82, 2.24) is 15.0 Å². The van der Waals surface area contributed by atoms with Crippen LogP contribution >= 0.6 is 11.3 Å². The molecule has 0 radical (unpaired) electrons. The summed E-state index contributed by atoms with van der Waals surface area (Å²) in [6.07, 6.45) is 6.03. The molecule has 1 N–H and O–H groups in total. The van der Waals surface area contributed by atoms with E-state index in [1.165, 1.54) is 17.8 Å². The van der Waals surface area contributed by atoms with Crippen molar-refractivity contribution in [2.24, 2.45) is 11.8 Å². The molecule has 0 spiro atoms. The first-order valence-electron chi connectivity index (χ1n) is 6.52. The largest absolute Gasteiger partial charge is 0.351 e. The van der Waals surface area contributed by atoms with E-state index in [1.54, 1.807) is 17.7 Å². The van der Waals surface area contributed by atoms with Gasteiger partial charge in [-0.25, -0.2) is 9.97 Å². The van der Waals surface area contributed by atoms with Crippen LogP contribution in [-0.2, 0) is 6.42 Å². The minimum absolute atomic E-state index is 0.532. The number of aromatic nitrogens is 3. The predicted molar refractivity (Wildman–Crippen MR) is 75.8 cm³/mol. The third-order valence-corrected chi connectivity index (χ3v) is 4.04. The Kier molecular flexibility index (Phi) is 4.53. The predicted octanol–water partition coefficient (Wildman–Crippen LogP) is 3.87. The van der Waals surface area contributed by atoms with Crippen molar-refractivity contribution in [3.8, 4) is 0 Å². The van der Waals surface area contributed by atoms with Crippen LogP contribution in [0.2, 0.25) is 0 Å². The second-order valence-electron chi connectivity index (χ2n) is 5.37. The number of hydrogen-bond donors (Lipinski definition) is 1. The van der Waals surface area contributed by atoms with Gasteiger partial charge in [-0.3, -0.25) is 0 Å². The van der Waals surface area contributed by atoms with Gasteiger partial charge >= 0.3 is 0 Å². The molecule has 2 atom stereocenters. The van der Waals surface area contributed by atoms with Gasteiger partial charge in [0.05, 0.1) is 23.2 Å². The summed E-state index contributed by atoms with van der Waals surface area (Å²) in [6, 6.07) is 0. The Morgan fingerprint density at radius 1 is 1.28 bits per heavy atom. The van der Waals surface area contributed by atoms with Gasteiger partial charge in [-0.05, 0) is 24.7 Å². The van der Waals surface area contributed by atoms with E-state index in [0.29, 0.717) is 17.8 Å². The summed E-state index contributed by atoms with van der Waals surface area (Å²) in [6.45, 7) is 6.85. The number of H-pyrrole nitrogens is 1. The maximum absolute atomic E-state index is 4.42. The first-order valence-corrected chi connectivity index (χ1v) is 7.46. The van der Waals surface area contributed by atoms with E-state index < -0.39 is 0 Å². The van der Waals surface area contributed by atoms with E-state index in [4.69, 9.17) is 0 Å². The van der Waals surface area contributed by atoms with Crippen molar-refractivity contribution in [3.05, 3.63) is 34.8 Å². The van der Waals surface area contributed by atoms with Crippen LogP contribution < -0.4 is 0 Å². The molecule has 2 unspecified atom stereocenters. The first-order chi connectivity index (χ1) is 8.66. The molecule has 0 saturated carbocycles. The van der Waals surface area contributed by atoms with Crippen molar-refractivity contribution < 1.29 is 0 Å². The minimum atomic E-state index is 0.532. The summed E-state index contributed by atoms with van der Waals surface area (Å²) in [4.78, 5) is 11.8. The normalized spacial score (nSPS) is 14.9. The molecule has 0 aromatic carbocycles. The third-order valence-electron chi connectivity index (χ3n) is 3.40. The van der Waals surface area contributed by atoms with Crippen LogP contribution in [0.4, 0.5) is 0 Å². The second kappa shape index (κ2) is 6.14. The Labute approximate surface area is 113 Å². The zero-order valence-corrected chi connectivity index (χ0v) is 12.1. The van der Waals surface area contributed by atoms with Crippen LogP contribution in [0.3, 0.4) is 0 Å². The van der Waals surface area contributed by atoms with Crippen molar-refractivity contribution in [3.63, 3.8) is 0 Å². The maximum atomic E-state index is 4.42. The molecule has 3 nitrogen and oxygen atoms in total. The molecular formula is C14H21N3S. The molecule has 0 aliphatic carbocycles. The number of hydrogen-bond acceptors (Lipinski definition) is 3. The second-order valence-corrected chi connectivity index (χ2v) is 6.09. The Morgan fingerprint density at radius 3 is 2.67 bits per heavy atom. The summed E-state index contributed by atoms with van der Waals surface area (Å²) in [5.41, 5.74) is 4.32. The molecule has 2 rings (SSSR count). The number of thiazole rings is 1. The smallest absolute Gasteiger partial charge is 0.0923 e. The first kappa shape index (κ1) is 13.3. The Morgan fingerprint density at radius 2 is 2.11 bits per heavy atom. The summed E-state index contributed by atoms with van der Waals surface area (Å²) >= 11 is 1.68. The topological polar surface area (TPSA) is 41.6 Å². The molecule has 2 aromatic heterocycles. The number of imidazole rings is 1. The SMILES string of the molecule is CC(Cc1cscn1)CC(c1c[nH]cn1)C(C)C. The van der Waals surface area contributed by atoms with E-state index in [9.17, 15) is 0 Å². The molecule has 4 heteroatoms. The fraction of sp³-hybridized carbons (Fsp3) is 0.571. The Balaban J connectivity index is 1.97.